The maximum Gasteiger partial charge on any atom is 0.215 e. The molecule has 0 N–H and O–H groups in total. The summed E-state index contributed by atoms with van der Waals surface area (Å²) < 4.78 is 7.83. The zero-order chi connectivity index (χ0) is 23.6. The Morgan fingerprint density at radius 2 is 1.91 bits per heavy atom. The molecule has 0 saturated carbocycles. The smallest absolute Gasteiger partial charge is 0.215 e. The van der Waals surface area contributed by atoms with Gasteiger partial charge in [-0.05, 0) is 31.2 Å². The highest BCUT2D eigenvalue weighted by Crippen LogP contribution is 2.30. The van der Waals surface area contributed by atoms with Gasteiger partial charge in [-0.15, -0.1) is 10.2 Å². The van der Waals surface area contributed by atoms with Gasteiger partial charge < -0.3 is 9.64 Å². The largest absolute Gasteiger partial charge is 0.361 e. The predicted molar refractivity (Wildman–Crippen MR) is 137 cm³/mol. The molecule has 0 bridgehead atoms. The van der Waals surface area contributed by atoms with Crippen LogP contribution in [0.2, 0.25) is 25.7 Å². The van der Waals surface area contributed by atoms with Crippen molar-refractivity contribution in [1.82, 2.24) is 29.9 Å². The highest BCUT2D eigenvalue weighted by Gasteiger charge is 2.18. The number of pyridine rings is 2. The summed E-state index contributed by atoms with van der Waals surface area (Å²) in [5, 5.41) is 14.5. The van der Waals surface area contributed by atoms with Crippen LogP contribution in [0.15, 0.2) is 36.8 Å². The maximum atomic E-state index is 6.05. The van der Waals surface area contributed by atoms with Crippen LogP contribution in [-0.4, -0.2) is 58.4 Å². The molecule has 0 aliphatic rings. The molecule has 4 heterocycles. The summed E-state index contributed by atoms with van der Waals surface area (Å²) in [5.74, 6) is 0.759. The summed E-state index contributed by atoms with van der Waals surface area (Å²) in [6, 6.07) is 7.08. The Labute approximate surface area is 199 Å². The van der Waals surface area contributed by atoms with Crippen LogP contribution in [-0.2, 0) is 11.8 Å². The quantitative estimate of drug-likeness (QED) is 0.192. The molecule has 174 valence electrons. The van der Waals surface area contributed by atoms with Gasteiger partial charge in [0.15, 0.2) is 0 Å². The summed E-state index contributed by atoms with van der Waals surface area (Å²) in [6.07, 6.45) is 5.64. The number of anilines is 4. The van der Waals surface area contributed by atoms with E-state index < -0.39 is 8.07 Å². The molecule has 0 aromatic carbocycles. The van der Waals surface area contributed by atoms with Gasteiger partial charge in [-0.25, -0.2) is 4.98 Å². The standard InChI is InChI=1S/C22H30N8OSSi/c1-16-26-27-22(32-16)30(15-31-9-10-33(4,5)6)21-8-7-19-20(25-21)11-17(12-23-19)29(3)18-13-24-28(2)14-18/h7-8,11-14H,9-10,15H2,1-6H3. The first-order valence-electron chi connectivity index (χ1n) is 10.8. The molecule has 0 aliphatic carbocycles. The van der Waals surface area contributed by atoms with Gasteiger partial charge >= 0.3 is 0 Å². The summed E-state index contributed by atoms with van der Waals surface area (Å²) in [7, 11) is 2.73. The molecule has 0 spiro atoms. The van der Waals surface area contributed by atoms with Crippen LogP contribution in [0.1, 0.15) is 5.01 Å². The van der Waals surface area contributed by atoms with Crippen molar-refractivity contribution < 1.29 is 4.74 Å². The zero-order valence-corrected chi connectivity index (χ0v) is 21.8. The lowest BCUT2D eigenvalue weighted by Crippen LogP contribution is -2.26. The Balaban J connectivity index is 1.62. The number of fused-ring (bicyclic) bond motifs is 1. The van der Waals surface area contributed by atoms with Crippen molar-refractivity contribution >= 4 is 52.8 Å². The average molecular weight is 483 g/mol. The molecule has 0 aliphatic heterocycles. The molecule has 0 fully saturated rings. The second-order valence-electron chi connectivity index (χ2n) is 9.21. The van der Waals surface area contributed by atoms with E-state index in [1.165, 1.54) is 11.3 Å². The van der Waals surface area contributed by atoms with E-state index in [0.29, 0.717) is 6.73 Å². The number of aromatic nitrogens is 6. The van der Waals surface area contributed by atoms with Gasteiger partial charge in [-0.3, -0.25) is 14.6 Å². The van der Waals surface area contributed by atoms with Crippen LogP contribution in [0.4, 0.5) is 22.3 Å². The molecule has 0 saturated heterocycles. The molecule has 9 nitrogen and oxygen atoms in total. The van der Waals surface area contributed by atoms with Gasteiger partial charge in [-0.2, -0.15) is 5.10 Å². The molecule has 0 unspecified atom stereocenters. The number of hydrogen-bond acceptors (Lipinski definition) is 9. The Bertz CT molecular complexity index is 1230. The Morgan fingerprint density at radius 3 is 2.58 bits per heavy atom. The van der Waals surface area contributed by atoms with Crippen LogP contribution >= 0.6 is 11.3 Å². The highest BCUT2D eigenvalue weighted by atomic mass is 32.1. The molecule has 11 heteroatoms. The van der Waals surface area contributed by atoms with Gasteiger partial charge in [-0.1, -0.05) is 31.0 Å². The van der Waals surface area contributed by atoms with E-state index in [1.54, 1.807) is 4.68 Å². The second kappa shape index (κ2) is 9.54. The minimum atomic E-state index is -1.17. The molecule has 33 heavy (non-hydrogen) atoms. The SMILES string of the molecule is Cc1nnc(N(COCC[Si](C)(C)C)c2ccc3ncc(N(C)c4cnn(C)c4)cc3n2)s1. The van der Waals surface area contributed by atoms with Crippen molar-refractivity contribution in [2.45, 2.75) is 32.6 Å². The van der Waals surface area contributed by atoms with Gasteiger partial charge in [0, 0.05) is 35.0 Å². The number of rotatable bonds is 9. The van der Waals surface area contributed by atoms with Crippen molar-refractivity contribution in [3.8, 4) is 0 Å². The van der Waals surface area contributed by atoms with E-state index in [-0.39, 0.29) is 0 Å². The molecular formula is C22H30N8OSSi. The highest BCUT2D eigenvalue weighted by molar-refractivity contribution is 7.15. The fourth-order valence-electron chi connectivity index (χ4n) is 3.20. The average Bonchev–Trinajstić information content (AvgIpc) is 3.40. The third kappa shape index (κ3) is 5.73. The first-order chi connectivity index (χ1) is 15.7. The maximum absolute atomic E-state index is 6.05. The van der Waals surface area contributed by atoms with E-state index in [2.05, 4.69) is 39.9 Å². The molecule has 4 rings (SSSR count). The minimum absolute atomic E-state index is 0.375. The van der Waals surface area contributed by atoms with E-state index in [9.17, 15) is 0 Å². The molecule has 0 amide bonds. The topological polar surface area (TPSA) is 85.1 Å². The Kier molecular flexibility index (Phi) is 6.72. The van der Waals surface area contributed by atoms with Gasteiger partial charge in [0.2, 0.25) is 5.13 Å². The summed E-state index contributed by atoms with van der Waals surface area (Å²) in [5.41, 5.74) is 3.55. The van der Waals surface area contributed by atoms with Gasteiger partial charge in [0.1, 0.15) is 17.6 Å². The van der Waals surface area contributed by atoms with E-state index in [4.69, 9.17) is 9.72 Å². The Morgan fingerprint density at radius 1 is 1.09 bits per heavy atom. The van der Waals surface area contributed by atoms with Crippen molar-refractivity contribution in [3.05, 3.63) is 41.8 Å². The molecule has 4 aromatic rings. The summed E-state index contributed by atoms with van der Waals surface area (Å²) in [6.45, 7) is 10.1. The molecule has 0 radical (unpaired) electrons. The monoisotopic (exact) mass is 482 g/mol. The number of hydrogen-bond donors (Lipinski definition) is 0. The number of ether oxygens (including phenoxy) is 1. The van der Waals surface area contributed by atoms with Crippen molar-refractivity contribution in [2.75, 3.05) is 30.2 Å². The van der Waals surface area contributed by atoms with Crippen LogP contribution < -0.4 is 9.80 Å². The molecule has 4 aromatic heterocycles. The third-order valence-corrected chi connectivity index (χ3v) is 7.78. The van der Waals surface area contributed by atoms with Crippen molar-refractivity contribution in [3.63, 3.8) is 0 Å². The van der Waals surface area contributed by atoms with Crippen LogP contribution in [0.5, 0.6) is 0 Å². The zero-order valence-electron chi connectivity index (χ0n) is 20.0. The minimum Gasteiger partial charge on any atom is -0.361 e. The molecular weight excluding hydrogens is 452 g/mol. The normalized spacial score (nSPS) is 11.8. The van der Waals surface area contributed by atoms with Crippen molar-refractivity contribution in [1.29, 1.82) is 0 Å². The fourth-order valence-corrected chi connectivity index (χ4v) is 4.64. The fraction of sp³-hybridized carbons (Fsp3) is 0.409. The van der Waals surface area contributed by atoms with E-state index in [0.717, 1.165) is 51.0 Å². The third-order valence-electron chi connectivity index (χ3n) is 5.21. The first-order valence-corrected chi connectivity index (χ1v) is 15.4. The van der Waals surface area contributed by atoms with Gasteiger partial charge in [0.05, 0.1) is 34.8 Å². The van der Waals surface area contributed by atoms with E-state index in [1.807, 2.05) is 67.6 Å². The van der Waals surface area contributed by atoms with Crippen LogP contribution in [0, 0.1) is 6.92 Å². The number of aryl methyl sites for hydroxylation is 2. The molecule has 0 atom stereocenters. The second-order valence-corrected chi connectivity index (χ2v) is 16.0. The Hall–Kier alpha value is -2.89. The van der Waals surface area contributed by atoms with Crippen LogP contribution in [0.25, 0.3) is 11.0 Å². The van der Waals surface area contributed by atoms with E-state index >= 15 is 0 Å². The first kappa shape index (κ1) is 23.3. The van der Waals surface area contributed by atoms with Crippen molar-refractivity contribution in [2.24, 2.45) is 7.05 Å². The lowest BCUT2D eigenvalue weighted by Gasteiger charge is -2.22. The lowest BCUT2D eigenvalue weighted by molar-refractivity contribution is 0.153. The summed E-state index contributed by atoms with van der Waals surface area (Å²) >= 11 is 1.53. The number of nitrogens with zero attached hydrogens (tertiary/aromatic N) is 8. The van der Waals surface area contributed by atoms with Crippen LogP contribution in [0.3, 0.4) is 0 Å². The predicted octanol–water partition coefficient (Wildman–Crippen LogP) is 4.74. The van der Waals surface area contributed by atoms with Gasteiger partial charge in [0.25, 0.3) is 0 Å². The lowest BCUT2D eigenvalue weighted by atomic mass is 10.2. The summed E-state index contributed by atoms with van der Waals surface area (Å²) in [4.78, 5) is 13.5.